The normalized spacial score (nSPS) is 18.9. The summed E-state index contributed by atoms with van der Waals surface area (Å²) in [6.45, 7) is 1.24. The molecule has 0 aromatic heterocycles. The maximum absolute atomic E-state index is 12.6. The number of rotatable bonds is 5. The standard InChI is InChI=1S/C15H17ClN4O2S/c1-19(2)7-6-17-9-12-13(21)18-15(23)20(14(12)22)11-5-3-4-10(16)8-11/h3-5,8-9,12H,6-7H2,1-2H3,(H,18,21,23). The van der Waals surface area contributed by atoms with E-state index in [-0.39, 0.29) is 5.11 Å². The molecule has 1 N–H and O–H groups in total. The summed E-state index contributed by atoms with van der Waals surface area (Å²) >= 11 is 11.1. The van der Waals surface area contributed by atoms with Gasteiger partial charge >= 0.3 is 0 Å². The molecule has 0 radical (unpaired) electrons. The van der Waals surface area contributed by atoms with Crippen molar-refractivity contribution < 1.29 is 9.59 Å². The first-order valence-electron chi connectivity index (χ1n) is 6.99. The van der Waals surface area contributed by atoms with Gasteiger partial charge in [0.05, 0.1) is 12.2 Å². The van der Waals surface area contributed by atoms with E-state index in [1.165, 1.54) is 11.1 Å². The number of carbonyl (C=O) groups is 2. The van der Waals surface area contributed by atoms with E-state index in [9.17, 15) is 9.59 Å². The van der Waals surface area contributed by atoms with E-state index in [0.29, 0.717) is 17.3 Å². The first kappa shape index (κ1) is 17.5. The molecule has 2 rings (SSSR count). The van der Waals surface area contributed by atoms with Gasteiger partial charge in [0.15, 0.2) is 11.0 Å². The van der Waals surface area contributed by atoms with E-state index in [2.05, 4.69) is 10.3 Å². The van der Waals surface area contributed by atoms with Crippen LogP contribution in [0.1, 0.15) is 0 Å². The van der Waals surface area contributed by atoms with Gasteiger partial charge in [-0.3, -0.25) is 19.5 Å². The third kappa shape index (κ3) is 4.34. The SMILES string of the molecule is CN(C)CCN=CC1C(=O)NC(=S)N(c2cccc(Cl)c2)C1=O. The highest BCUT2D eigenvalue weighted by molar-refractivity contribution is 7.80. The lowest BCUT2D eigenvalue weighted by molar-refractivity contribution is -0.130. The number of amides is 2. The molecule has 1 aliphatic heterocycles. The minimum atomic E-state index is -0.997. The van der Waals surface area contributed by atoms with Crippen molar-refractivity contribution in [1.82, 2.24) is 10.2 Å². The van der Waals surface area contributed by atoms with Crippen molar-refractivity contribution in [2.75, 3.05) is 32.1 Å². The summed E-state index contributed by atoms with van der Waals surface area (Å²) in [5.74, 6) is -1.90. The number of anilines is 1. The predicted octanol–water partition coefficient (Wildman–Crippen LogP) is 1.34. The summed E-state index contributed by atoms with van der Waals surface area (Å²) in [6, 6.07) is 6.72. The van der Waals surface area contributed by atoms with Gasteiger partial charge in [-0.15, -0.1) is 0 Å². The average molecular weight is 353 g/mol. The number of thiocarbonyl (C=S) groups is 1. The molecule has 0 bridgehead atoms. The number of hydrogen-bond donors (Lipinski definition) is 1. The van der Waals surface area contributed by atoms with Crippen molar-refractivity contribution in [3.05, 3.63) is 29.3 Å². The van der Waals surface area contributed by atoms with Crippen LogP contribution in [0.15, 0.2) is 29.3 Å². The maximum atomic E-state index is 12.6. The zero-order valence-corrected chi connectivity index (χ0v) is 14.4. The third-order valence-corrected chi connectivity index (χ3v) is 3.72. The Kier molecular flexibility index (Phi) is 5.81. The Hall–Kier alpha value is -1.83. The summed E-state index contributed by atoms with van der Waals surface area (Å²) in [5, 5.41) is 3.05. The van der Waals surface area contributed by atoms with Crippen LogP contribution in [0.25, 0.3) is 0 Å². The van der Waals surface area contributed by atoms with Crippen molar-refractivity contribution >= 4 is 52.6 Å². The first-order chi connectivity index (χ1) is 10.9. The van der Waals surface area contributed by atoms with Crippen molar-refractivity contribution in [2.45, 2.75) is 0 Å². The Balaban J connectivity index is 2.20. The van der Waals surface area contributed by atoms with Crippen LogP contribution in [0.5, 0.6) is 0 Å². The molecule has 1 fully saturated rings. The molecule has 1 saturated heterocycles. The third-order valence-electron chi connectivity index (χ3n) is 3.20. The topological polar surface area (TPSA) is 65.0 Å². The molecule has 1 aromatic carbocycles. The molecule has 8 heteroatoms. The lowest BCUT2D eigenvalue weighted by atomic mass is 10.1. The molecular weight excluding hydrogens is 336 g/mol. The van der Waals surface area contributed by atoms with Crippen LogP contribution in [-0.2, 0) is 9.59 Å². The summed E-state index contributed by atoms with van der Waals surface area (Å²) in [7, 11) is 3.85. The second-order valence-electron chi connectivity index (χ2n) is 5.28. The first-order valence-corrected chi connectivity index (χ1v) is 7.78. The largest absolute Gasteiger partial charge is 0.308 e. The summed E-state index contributed by atoms with van der Waals surface area (Å²) in [4.78, 5) is 32.0. The minimum absolute atomic E-state index is 0.0419. The van der Waals surface area contributed by atoms with Gasteiger partial charge in [-0.05, 0) is 44.5 Å². The number of likely N-dealkylation sites (N-methyl/N-ethyl adjacent to an activating group) is 1. The molecule has 0 aliphatic carbocycles. The molecule has 1 aromatic rings. The van der Waals surface area contributed by atoms with Crippen LogP contribution in [0, 0.1) is 5.92 Å². The number of nitrogens with one attached hydrogen (secondary N) is 1. The van der Waals surface area contributed by atoms with Crippen LogP contribution >= 0.6 is 23.8 Å². The van der Waals surface area contributed by atoms with Crippen molar-refractivity contribution in [3.63, 3.8) is 0 Å². The van der Waals surface area contributed by atoms with Crippen molar-refractivity contribution in [3.8, 4) is 0 Å². The molecule has 0 spiro atoms. The molecule has 122 valence electrons. The Bertz CT molecular complexity index is 663. The van der Waals surface area contributed by atoms with E-state index < -0.39 is 17.7 Å². The number of carbonyl (C=O) groups excluding carboxylic acids is 2. The summed E-state index contributed by atoms with van der Waals surface area (Å²) in [6.07, 6.45) is 1.38. The number of nitrogens with zero attached hydrogens (tertiary/aromatic N) is 3. The van der Waals surface area contributed by atoms with Crippen LogP contribution in [-0.4, -0.2) is 55.2 Å². The van der Waals surface area contributed by atoms with Gasteiger partial charge < -0.3 is 10.2 Å². The fourth-order valence-corrected chi connectivity index (χ4v) is 2.50. The van der Waals surface area contributed by atoms with E-state index >= 15 is 0 Å². The highest BCUT2D eigenvalue weighted by Gasteiger charge is 2.38. The molecule has 1 unspecified atom stereocenters. The zero-order valence-electron chi connectivity index (χ0n) is 12.8. The van der Waals surface area contributed by atoms with Gasteiger partial charge in [0.1, 0.15) is 0 Å². The second kappa shape index (κ2) is 7.63. The molecule has 23 heavy (non-hydrogen) atoms. The van der Waals surface area contributed by atoms with Crippen LogP contribution in [0.2, 0.25) is 5.02 Å². The van der Waals surface area contributed by atoms with Gasteiger partial charge in [-0.2, -0.15) is 0 Å². The quantitative estimate of drug-likeness (QED) is 0.493. The lowest BCUT2D eigenvalue weighted by Crippen LogP contribution is -2.58. The Labute approximate surface area is 145 Å². The fourth-order valence-electron chi connectivity index (χ4n) is 2.02. The lowest BCUT2D eigenvalue weighted by Gasteiger charge is -2.31. The number of benzene rings is 1. The van der Waals surface area contributed by atoms with E-state index in [1.54, 1.807) is 24.3 Å². The van der Waals surface area contributed by atoms with Gasteiger partial charge in [-0.1, -0.05) is 17.7 Å². The van der Waals surface area contributed by atoms with Gasteiger partial charge in [0, 0.05) is 17.8 Å². The second-order valence-corrected chi connectivity index (χ2v) is 6.11. The number of hydrogen-bond acceptors (Lipinski definition) is 5. The van der Waals surface area contributed by atoms with Gasteiger partial charge in [0.25, 0.3) is 5.91 Å². The Morgan fingerprint density at radius 3 is 2.83 bits per heavy atom. The fraction of sp³-hybridized carbons (Fsp3) is 0.333. The molecule has 1 aliphatic rings. The Morgan fingerprint density at radius 2 is 2.17 bits per heavy atom. The van der Waals surface area contributed by atoms with Gasteiger partial charge in [0.2, 0.25) is 5.91 Å². The molecule has 2 amide bonds. The highest BCUT2D eigenvalue weighted by atomic mass is 35.5. The number of aliphatic imine (C=N–C) groups is 1. The Morgan fingerprint density at radius 1 is 1.43 bits per heavy atom. The smallest absolute Gasteiger partial charge is 0.251 e. The predicted molar refractivity (Wildman–Crippen MR) is 95.1 cm³/mol. The van der Waals surface area contributed by atoms with Crippen molar-refractivity contribution in [1.29, 1.82) is 0 Å². The van der Waals surface area contributed by atoms with Crippen LogP contribution < -0.4 is 10.2 Å². The maximum Gasteiger partial charge on any atom is 0.251 e. The molecule has 0 saturated carbocycles. The summed E-state index contributed by atoms with van der Waals surface area (Å²) < 4.78 is 0. The van der Waals surface area contributed by atoms with Crippen LogP contribution in [0.4, 0.5) is 5.69 Å². The molecule has 1 heterocycles. The van der Waals surface area contributed by atoms with E-state index in [0.717, 1.165) is 6.54 Å². The molecular formula is C15H17ClN4O2S. The zero-order chi connectivity index (χ0) is 17.0. The minimum Gasteiger partial charge on any atom is -0.308 e. The van der Waals surface area contributed by atoms with Crippen molar-refractivity contribution in [2.24, 2.45) is 10.9 Å². The van der Waals surface area contributed by atoms with E-state index in [4.69, 9.17) is 23.8 Å². The highest BCUT2D eigenvalue weighted by Crippen LogP contribution is 2.23. The number of halogens is 1. The van der Waals surface area contributed by atoms with E-state index in [1.807, 2.05) is 19.0 Å². The van der Waals surface area contributed by atoms with Gasteiger partial charge in [-0.25, -0.2) is 0 Å². The molecule has 1 atom stereocenters. The summed E-state index contributed by atoms with van der Waals surface area (Å²) in [5.41, 5.74) is 0.513. The molecule has 6 nitrogen and oxygen atoms in total. The monoisotopic (exact) mass is 352 g/mol. The van der Waals surface area contributed by atoms with Crippen LogP contribution in [0.3, 0.4) is 0 Å². The average Bonchev–Trinajstić information content (AvgIpc) is 2.45.